The third-order valence-electron chi connectivity index (χ3n) is 5.48. The molecule has 0 aliphatic rings. The highest BCUT2D eigenvalue weighted by Crippen LogP contribution is 2.42. The van der Waals surface area contributed by atoms with Crippen molar-refractivity contribution in [3.8, 4) is 16.9 Å². The molecule has 2 amide bonds. The van der Waals surface area contributed by atoms with Gasteiger partial charge in [-0.15, -0.1) is 0 Å². The monoisotopic (exact) mass is 611 g/mol. The lowest BCUT2D eigenvalue weighted by Gasteiger charge is -2.22. The van der Waals surface area contributed by atoms with Crippen molar-refractivity contribution in [3.05, 3.63) is 71.5 Å². The molecular formula is C29H27F6N3O5. The fraction of sp³-hybridized carbons (Fsp3) is 0.310. The molecule has 3 rings (SSSR count). The first kappa shape index (κ1) is 32.9. The van der Waals surface area contributed by atoms with Gasteiger partial charge in [-0.25, -0.2) is 4.79 Å². The standard InChI is InChI=1S/C29H27F6N3O5/c1-16-8-9-19(14-36-16)17-6-5-7-18(10-17)23(39)13-25(40)37-21-11-20(29(33,34)35)24(42-15-28(30,31)32)12-22(21)38-26(41)43-27(2,3)4/h5-12,14H,13,15H2,1-4H3,(H,37,40)(H,38,41). The third-order valence-corrected chi connectivity index (χ3v) is 5.48. The maximum Gasteiger partial charge on any atom is 0.422 e. The summed E-state index contributed by atoms with van der Waals surface area (Å²) < 4.78 is 89.0. The fourth-order valence-corrected chi connectivity index (χ4v) is 3.65. The largest absolute Gasteiger partial charge is 0.483 e. The van der Waals surface area contributed by atoms with E-state index in [1.165, 1.54) is 32.9 Å². The number of halogens is 6. The van der Waals surface area contributed by atoms with Crippen molar-refractivity contribution in [2.45, 2.75) is 52.1 Å². The molecule has 0 spiro atoms. The summed E-state index contributed by atoms with van der Waals surface area (Å²) >= 11 is 0. The van der Waals surface area contributed by atoms with Crippen molar-refractivity contribution in [2.75, 3.05) is 17.2 Å². The number of ether oxygens (including phenoxy) is 2. The lowest BCUT2D eigenvalue weighted by Crippen LogP contribution is -2.28. The Balaban J connectivity index is 1.91. The first-order valence-corrected chi connectivity index (χ1v) is 12.6. The molecule has 0 fully saturated rings. The number of nitrogens with one attached hydrogen (secondary N) is 2. The number of anilines is 2. The molecule has 230 valence electrons. The summed E-state index contributed by atoms with van der Waals surface area (Å²) in [6.07, 6.45) is -10.6. The van der Waals surface area contributed by atoms with Crippen LogP contribution < -0.4 is 15.4 Å². The van der Waals surface area contributed by atoms with Gasteiger partial charge in [0.25, 0.3) is 0 Å². The minimum Gasteiger partial charge on any atom is -0.483 e. The van der Waals surface area contributed by atoms with Crippen LogP contribution in [0, 0.1) is 6.92 Å². The molecule has 0 saturated carbocycles. The number of Topliss-reactive ketones (excluding diaryl/α,β-unsaturated/α-hetero) is 1. The van der Waals surface area contributed by atoms with Crippen LogP contribution in [0.15, 0.2) is 54.7 Å². The summed E-state index contributed by atoms with van der Waals surface area (Å²) in [7, 11) is 0. The number of pyridine rings is 1. The Morgan fingerprint density at radius 1 is 0.860 bits per heavy atom. The van der Waals surface area contributed by atoms with Gasteiger partial charge in [0.2, 0.25) is 5.91 Å². The highest BCUT2D eigenvalue weighted by Gasteiger charge is 2.38. The molecule has 43 heavy (non-hydrogen) atoms. The molecule has 0 aliphatic carbocycles. The van der Waals surface area contributed by atoms with E-state index >= 15 is 0 Å². The number of ketones is 1. The van der Waals surface area contributed by atoms with Crippen LogP contribution in [0.2, 0.25) is 0 Å². The highest BCUT2D eigenvalue weighted by molar-refractivity contribution is 6.12. The number of hydrogen-bond donors (Lipinski definition) is 2. The number of hydrogen-bond acceptors (Lipinski definition) is 6. The summed E-state index contributed by atoms with van der Waals surface area (Å²) in [5, 5.41) is 4.23. The van der Waals surface area contributed by atoms with Crippen LogP contribution in [0.3, 0.4) is 0 Å². The van der Waals surface area contributed by atoms with Gasteiger partial charge in [0.1, 0.15) is 11.4 Å². The van der Waals surface area contributed by atoms with Gasteiger partial charge in [-0.3, -0.25) is 19.9 Å². The fourth-order valence-electron chi connectivity index (χ4n) is 3.65. The van der Waals surface area contributed by atoms with E-state index < -0.39 is 71.5 Å². The van der Waals surface area contributed by atoms with E-state index in [9.17, 15) is 40.7 Å². The second-order valence-electron chi connectivity index (χ2n) is 10.3. The Bertz CT molecular complexity index is 1500. The van der Waals surface area contributed by atoms with Crippen molar-refractivity contribution < 1.29 is 50.2 Å². The number of alkyl halides is 6. The van der Waals surface area contributed by atoms with Crippen LogP contribution in [-0.4, -0.2) is 41.2 Å². The summed E-state index contributed by atoms with van der Waals surface area (Å²) in [5.41, 5.74) is -1.68. The normalized spacial score (nSPS) is 12.0. The average Bonchev–Trinajstić information content (AvgIpc) is 2.86. The van der Waals surface area contributed by atoms with E-state index in [1.807, 2.05) is 0 Å². The number of rotatable bonds is 8. The zero-order valence-corrected chi connectivity index (χ0v) is 23.4. The predicted octanol–water partition coefficient (Wildman–Crippen LogP) is 7.58. The zero-order chi connectivity index (χ0) is 32.2. The summed E-state index contributed by atoms with van der Waals surface area (Å²) in [5.74, 6) is -2.99. The van der Waals surface area contributed by atoms with Crippen LogP contribution >= 0.6 is 0 Å². The van der Waals surface area contributed by atoms with Crippen LogP contribution in [0.4, 0.5) is 42.5 Å². The Morgan fingerprint density at radius 3 is 2.12 bits per heavy atom. The number of carbonyl (C=O) groups excluding carboxylic acids is 3. The SMILES string of the molecule is Cc1ccc(-c2cccc(C(=O)CC(=O)Nc3cc(C(F)(F)F)c(OCC(F)(F)F)cc3NC(=O)OC(C)(C)C)c2)cn1. The van der Waals surface area contributed by atoms with E-state index in [-0.39, 0.29) is 5.56 Å². The second kappa shape index (κ2) is 12.7. The van der Waals surface area contributed by atoms with Crippen LogP contribution in [0.5, 0.6) is 5.75 Å². The summed E-state index contributed by atoms with van der Waals surface area (Å²) in [6.45, 7) is 4.24. The minimum absolute atomic E-state index is 0.132. The Hall–Kier alpha value is -4.62. The van der Waals surface area contributed by atoms with Crippen molar-refractivity contribution in [2.24, 2.45) is 0 Å². The summed E-state index contributed by atoms with van der Waals surface area (Å²) in [6, 6.07) is 10.6. The molecule has 0 saturated heterocycles. The Morgan fingerprint density at radius 2 is 1.53 bits per heavy atom. The molecule has 1 aromatic heterocycles. The van der Waals surface area contributed by atoms with E-state index in [1.54, 1.807) is 37.4 Å². The highest BCUT2D eigenvalue weighted by atomic mass is 19.4. The van der Waals surface area contributed by atoms with Crippen molar-refractivity contribution in [1.82, 2.24) is 4.98 Å². The molecule has 0 aliphatic heterocycles. The van der Waals surface area contributed by atoms with Crippen LogP contribution in [0.1, 0.15) is 48.8 Å². The molecule has 1 heterocycles. The smallest absolute Gasteiger partial charge is 0.422 e. The Labute approximate surface area is 242 Å². The van der Waals surface area contributed by atoms with Gasteiger partial charge >= 0.3 is 18.4 Å². The van der Waals surface area contributed by atoms with Crippen LogP contribution in [-0.2, 0) is 15.7 Å². The molecule has 0 radical (unpaired) electrons. The first-order valence-electron chi connectivity index (χ1n) is 12.6. The molecule has 2 N–H and O–H groups in total. The van der Waals surface area contributed by atoms with Gasteiger partial charge in [-0.1, -0.05) is 24.3 Å². The van der Waals surface area contributed by atoms with Gasteiger partial charge in [0.05, 0.1) is 23.4 Å². The Kier molecular flexibility index (Phi) is 9.72. The number of aryl methyl sites for hydroxylation is 1. The molecule has 0 atom stereocenters. The number of amides is 2. The minimum atomic E-state index is -5.22. The van der Waals surface area contributed by atoms with E-state index in [2.05, 4.69) is 20.4 Å². The van der Waals surface area contributed by atoms with Gasteiger partial charge < -0.3 is 14.8 Å². The molecule has 14 heteroatoms. The lowest BCUT2D eigenvalue weighted by atomic mass is 10.0. The van der Waals surface area contributed by atoms with Gasteiger partial charge in [0, 0.05) is 29.1 Å². The molecule has 3 aromatic rings. The van der Waals surface area contributed by atoms with E-state index in [4.69, 9.17) is 4.74 Å². The molecule has 2 aromatic carbocycles. The van der Waals surface area contributed by atoms with E-state index in [0.29, 0.717) is 23.3 Å². The average molecular weight is 612 g/mol. The maximum absolute atomic E-state index is 13.8. The molecule has 8 nitrogen and oxygen atoms in total. The van der Waals surface area contributed by atoms with Crippen LogP contribution in [0.25, 0.3) is 11.1 Å². The predicted molar refractivity (Wildman–Crippen MR) is 145 cm³/mol. The van der Waals surface area contributed by atoms with Gasteiger partial charge in [-0.2, -0.15) is 26.3 Å². The number of nitrogens with zero attached hydrogens (tertiary/aromatic N) is 1. The number of benzene rings is 2. The topological polar surface area (TPSA) is 107 Å². The quantitative estimate of drug-likeness (QED) is 0.155. The third kappa shape index (κ3) is 10.0. The number of carbonyl (C=O) groups is 3. The van der Waals surface area contributed by atoms with Crippen molar-refractivity contribution >= 4 is 29.2 Å². The molecule has 0 bridgehead atoms. The van der Waals surface area contributed by atoms with Gasteiger partial charge in [0.15, 0.2) is 12.4 Å². The number of aromatic nitrogens is 1. The second-order valence-corrected chi connectivity index (χ2v) is 10.3. The molecular weight excluding hydrogens is 584 g/mol. The zero-order valence-electron chi connectivity index (χ0n) is 23.4. The van der Waals surface area contributed by atoms with Crippen molar-refractivity contribution in [1.29, 1.82) is 0 Å². The lowest BCUT2D eigenvalue weighted by molar-refractivity contribution is -0.158. The van der Waals surface area contributed by atoms with E-state index in [0.717, 1.165) is 5.69 Å². The van der Waals surface area contributed by atoms with Gasteiger partial charge in [-0.05, 0) is 51.5 Å². The molecule has 0 unspecified atom stereocenters. The maximum atomic E-state index is 13.8. The first-order chi connectivity index (χ1) is 19.8. The summed E-state index contributed by atoms with van der Waals surface area (Å²) in [4.78, 5) is 42.3. The van der Waals surface area contributed by atoms with Crippen molar-refractivity contribution in [3.63, 3.8) is 0 Å².